The van der Waals surface area contributed by atoms with Crippen LogP contribution >= 0.6 is 0 Å². The van der Waals surface area contributed by atoms with Crippen LogP contribution in [0.25, 0.3) is 0 Å². The van der Waals surface area contributed by atoms with E-state index in [4.69, 9.17) is 0 Å². The van der Waals surface area contributed by atoms with Gasteiger partial charge in [0.25, 0.3) is 0 Å². The van der Waals surface area contributed by atoms with E-state index in [0.717, 1.165) is 13.0 Å². The molecule has 2 saturated heterocycles. The van der Waals surface area contributed by atoms with Crippen molar-refractivity contribution in [1.29, 1.82) is 0 Å². The lowest BCUT2D eigenvalue weighted by Crippen LogP contribution is -2.56. The van der Waals surface area contributed by atoms with Gasteiger partial charge in [-0.2, -0.15) is 13.2 Å². The van der Waals surface area contributed by atoms with Gasteiger partial charge in [-0.05, 0) is 19.4 Å². The first-order chi connectivity index (χ1) is 7.98. The Balaban J connectivity index is 2.14. The van der Waals surface area contributed by atoms with Gasteiger partial charge in [0.15, 0.2) is 0 Å². The van der Waals surface area contributed by atoms with Crippen molar-refractivity contribution in [3.63, 3.8) is 0 Å². The molecule has 4 nitrogen and oxygen atoms in total. The van der Waals surface area contributed by atoms with E-state index in [9.17, 15) is 18.0 Å². The van der Waals surface area contributed by atoms with E-state index in [-0.39, 0.29) is 31.6 Å². The van der Waals surface area contributed by atoms with Crippen LogP contribution < -0.4 is 10.6 Å². The summed E-state index contributed by atoms with van der Waals surface area (Å²) in [6.45, 7) is 0.557. The topological polar surface area (TPSA) is 44.4 Å². The van der Waals surface area contributed by atoms with Gasteiger partial charge in [0, 0.05) is 19.5 Å². The Hall–Kier alpha value is -0.820. The predicted molar refractivity (Wildman–Crippen MR) is 55.2 cm³/mol. The summed E-state index contributed by atoms with van der Waals surface area (Å²) < 4.78 is 38.8. The smallest absolute Gasteiger partial charge is 0.354 e. The van der Waals surface area contributed by atoms with Gasteiger partial charge in [-0.15, -0.1) is 0 Å². The van der Waals surface area contributed by atoms with Crippen LogP contribution in [-0.4, -0.2) is 48.8 Å². The number of hydrogen-bond acceptors (Lipinski definition) is 3. The first kappa shape index (κ1) is 12.6. The highest BCUT2D eigenvalue weighted by Gasteiger charge is 2.47. The third-order valence-corrected chi connectivity index (χ3v) is 3.30. The molecule has 17 heavy (non-hydrogen) atoms. The van der Waals surface area contributed by atoms with E-state index in [1.165, 1.54) is 4.90 Å². The molecule has 7 heteroatoms. The molecule has 0 aromatic rings. The summed E-state index contributed by atoms with van der Waals surface area (Å²) in [5.74, 6) is -0.306. The summed E-state index contributed by atoms with van der Waals surface area (Å²) >= 11 is 0. The predicted octanol–water partition coefficient (Wildman–Crippen LogP) is 0.449. The van der Waals surface area contributed by atoms with Gasteiger partial charge in [0.05, 0.1) is 6.17 Å². The molecule has 2 aliphatic heterocycles. The Morgan fingerprint density at radius 1 is 1.35 bits per heavy atom. The van der Waals surface area contributed by atoms with Crippen LogP contribution in [0.3, 0.4) is 0 Å². The van der Waals surface area contributed by atoms with Crippen molar-refractivity contribution in [2.75, 3.05) is 19.6 Å². The molecule has 2 rings (SSSR count). The van der Waals surface area contributed by atoms with Gasteiger partial charge in [0.1, 0.15) is 6.04 Å². The molecule has 2 N–H and O–H groups in total. The second-order valence-electron chi connectivity index (χ2n) is 4.46. The second-order valence-corrected chi connectivity index (χ2v) is 4.46. The summed E-state index contributed by atoms with van der Waals surface area (Å²) in [6.07, 6.45) is -2.84. The summed E-state index contributed by atoms with van der Waals surface area (Å²) in [4.78, 5) is 12.6. The number of halogens is 3. The zero-order valence-corrected chi connectivity index (χ0v) is 9.39. The highest BCUT2D eigenvalue weighted by atomic mass is 19.4. The number of hydrogen-bond donors (Lipinski definition) is 2. The second kappa shape index (κ2) is 4.81. The van der Waals surface area contributed by atoms with Gasteiger partial charge < -0.3 is 10.6 Å². The fourth-order valence-electron chi connectivity index (χ4n) is 2.43. The van der Waals surface area contributed by atoms with Crippen LogP contribution in [0.2, 0.25) is 0 Å². The Labute approximate surface area is 97.5 Å². The van der Waals surface area contributed by atoms with Crippen LogP contribution in [0, 0.1) is 0 Å². The average molecular weight is 251 g/mol. The number of nitrogens with zero attached hydrogens (tertiary/aromatic N) is 1. The normalized spacial score (nSPS) is 32.3. The van der Waals surface area contributed by atoms with Crippen LogP contribution in [0.1, 0.15) is 19.3 Å². The summed E-state index contributed by atoms with van der Waals surface area (Å²) in [6, 6.07) is -1.58. The van der Waals surface area contributed by atoms with Crippen LogP contribution in [0.5, 0.6) is 0 Å². The van der Waals surface area contributed by atoms with E-state index < -0.39 is 12.2 Å². The van der Waals surface area contributed by atoms with Crippen molar-refractivity contribution in [1.82, 2.24) is 15.5 Å². The first-order valence-electron chi connectivity index (χ1n) is 5.81. The molecule has 2 heterocycles. The molecule has 2 atom stereocenters. The average Bonchev–Trinajstić information content (AvgIpc) is 2.67. The quantitative estimate of drug-likeness (QED) is 0.711. The zero-order valence-electron chi connectivity index (χ0n) is 9.39. The highest BCUT2D eigenvalue weighted by molar-refractivity contribution is 5.76. The molecule has 2 aliphatic rings. The molecule has 0 aromatic heterocycles. The summed E-state index contributed by atoms with van der Waals surface area (Å²) in [5.41, 5.74) is 0. The first-order valence-corrected chi connectivity index (χ1v) is 5.81. The highest BCUT2D eigenvalue weighted by Crippen LogP contribution is 2.28. The number of carbonyl (C=O) groups is 1. The van der Waals surface area contributed by atoms with Crippen molar-refractivity contribution in [3.05, 3.63) is 0 Å². The molecule has 0 spiro atoms. The molecule has 2 unspecified atom stereocenters. The molecule has 0 saturated carbocycles. The Morgan fingerprint density at radius 2 is 2.12 bits per heavy atom. The van der Waals surface area contributed by atoms with Gasteiger partial charge >= 0.3 is 6.18 Å². The lowest BCUT2D eigenvalue weighted by Gasteiger charge is -2.35. The lowest BCUT2D eigenvalue weighted by molar-refractivity contribution is -0.187. The maximum Gasteiger partial charge on any atom is 0.405 e. The maximum atomic E-state index is 12.9. The monoisotopic (exact) mass is 251 g/mol. The van der Waals surface area contributed by atoms with Crippen molar-refractivity contribution in [2.45, 2.75) is 37.6 Å². The largest absolute Gasteiger partial charge is 0.405 e. The zero-order chi connectivity index (χ0) is 12.5. The minimum absolute atomic E-state index is 0.130. The van der Waals surface area contributed by atoms with E-state index >= 15 is 0 Å². The number of alkyl halides is 3. The third-order valence-electron chi connectivity index (χ3n) is 3.30. The van der Waals surface area contributed by atoms with E-state index in [1.54, 1.807) is 0 Å². The van der Waals surface area contributed by atoms with Gasteiger partial charge in [-0.1, -0.05) is 0 Å². The van der Waals surface area contributed by atoms with Crippen LogP contribution in [-0.2, 0) is 4.79 Å². The van der Waals surface area contributed by atoms with Crippen molar-refractivity contribution in [3.8, 4) is 0 Å². The number of rotatable bonds is 1. The van der Waals surface area contributed by atoms with E-state index in [0.29, 0.717) is 6.42 Å². The SMILES string of the molecule is O=C1CCN(C2CCCN2)C(C(F)(F)F)CN1. The van der Waals surface area contributed by atoms with Gasteiger partial charge in [-0.3, -0.25) is 9.69 Å². The Bertz CT molecular complexity index is 289. The lowest BCUT2D eigenvalue weighted by atomic mass is 10.2. The summed E-state index contributed by atoms with van der Waals surface area (Å²) in [7, 11) is 0. The molecule has 0 radical (unpaired) electrons. The van der Waals surface area contributed by atoms with Crippen molar-refractivity contribution in [2.24, 2.45) is 0 Å². The van der Waals surface area contributed by atoms with Gasteiger partial charge in [-0.25, -0.2) is 0 Å². The standard InChI is InChI=1S/C10H16F3N3O/c11-10(12,13)7-6-15-9(17)3-5-16(7)8-2-1-4-14-8/h7-8,14H,1-6H2,(H,15,17). The molecular weight excluding hydrogens is 235 g/mol. The third kappa shape index (κ3) is 2.90. The van der Waals surface area contributed by atoms with Crippen LogP contribution in [0.15, 0.2) is 0 Å². The number of amides is 1. The number of nitrogens with one attached hydrogen (secondary N) is 2. The van der Waals surface area contributed by atoms with Crippen LogP contribution in [0.4, 0.5) is 13.2 Å². The minimum Gasteiger partial charge on any atom is -0.354 e. The molecule has 1 amide bonds. The Kier molecular flexibility index (Phi) is 3.58. The molecule has 0 aliphatic carbocycles. The fraction of sp³-hybridized carbons (Fsp3) is 0.900. The van der Waals surface area contributed by atoms with Crippen molar-refractivity contribution < 1.29 is 18.0 Å². The molecule has 0 bridgehead atoms. The van der Waals surface area contributed by atoms with Gasteiger partial charge in [0.2, 0.25) is 5.91 Å². The molecular formula is C10H16F3N3O. The summed E-state index contributed by atoms with van der Waals surface area (Å²) in [5, 5.41) is 5.38. The number of carbonyl (C=O) groups excluding carboxylic acids is 1. The Morgan fingerprint density at radius 3 is 2.71 bits per heavy atom. The fourth-order valence-corrected chi connectivity index (χ4v) is 2.43. The van der Waals surface area contributed by atoms with E-state index in [2.05, 4.69) is 10.6 Å². The minimum atomic E-state index is -4.30. The molecule has 0 aromatic carbocycles. The van der Waals surface area contributed by atoms with E-state index in [1.807, 2.05) is 0 Å². The molecule has 98 valence electrons. The molecule has 2 fully saturated rings. The maximum absolute atomic E-state index is 12.9. The van der Waals surface area contributed by atoms with Crippen molar-refractivity contribution >= 4 is 5.91 Å².